The van der Waals surface area contributed by atoms with Gasteiger partial charge in [0.05, 0.1) is 6.54 Å². The molecule has 2 rings (SSSR count). The van der Waals surface area contributed by atoms with Gasteiger partial charge in [-0.05, 0) is 44.7 Å². The molecular weight excluding hydrogens is 262 g/mol. The SMILES string of the molecule is Cl.NCC1CCCN(CC(=O)N2CCCCCC2)C1. The van der Waals surface area contributed by atoms with E-state index in [2.05, 4.69) is 9.80 Å². The normalized spacial score (nSPS) is 25.5. The molecule has 112 valence electrons. The Morgan fingerprint density at radius 2 is 1.74 bits per heavy atom. The van der Waals surface area contributed by atoms with E-state index in [9.17, 15) is 4.79 Å². The average Bonchev–Trinajstić information content (AvgIpc) is 2.68. The molecule has 0 aliphatic carbocycles. The van der Waals surface area contributed by atoms with Crippen LogP contribution in [0, 0.1) is 5.92 Å². The Labute approximate surface area is 123 Å². The molecule has 1 unspecified atom stereocenters. The van der Waals surface area contributed by atoms with Gasteiger partial charge in [0.1, 0.15) is 0 Å². The minimum Gasteiger partial charge on any atom is -0.342 e. The van der Waals surface area contributed by atoms with Crippen LogP contribution in [-0.4, -0.2) is 55.0 Å². The molecule has 2 N–H and O–H groups in total. The molecule has 1 atom stereocenters. The number of rotatable bonds is 3. The molecular formula is C14H28ClN3O. The lowest BCUT2D eigenvalue weighted by molar-refractivity contribution is -0.132. The molecule has 4 nitrogen and oxygen atoms in total. The number of piperidine rings is 1. The molecule has 1 amide bonds. The van der Waals surface area contributed by atoms with Gasteiger partial charge < -0.3 is 10.6 Å². The first kappa shape index (κ1) is 16.7. The fraction of sp³-hybridized carbons (Fsp3) is 0.929. The summed E-state index contributed by atoms with van der Waals surface area (Å²) in [4.78, 5) is 16.6. The van der Waals surface area contributed by atoms with E-state index in [0.29, 0.717) is 18.4 Å². The van der Waals surface area contributed by atoms with Crippen LogP contribution in [0.15, 0.2) is 0 Å². The Morgan fingerprint density at radius 1 is 1.05 bits per heavy atom. The Hall–Kier alpha value is -0.320. The number of hydrogen-bond acceptors (Lipinski definition) is 3. The van der Waals surface area contributed by atoms with Crippen molar-refractivity contribution in [1.82, 2.24) is 9.80 Å². The van der Waals surface area contributed by atoms with Gasteiger partial charge in [-0.15, -0.1) is 12.4 Å². The number of hydrogen-bond donors (Lipinski definition) is 1. The van der Waals surface area contributed by atoms with E-state index in [4.69, 9.17) is 5.73 Å². The van der Waals surface area contributed by atoms with Crippen molar-refractivity contribution in [1.29, 1.82) is 0 Å². The third kappa shape index (κ3) is 5.28. The molecule has 0 spiro atoms. The summed E-state index contributed by atoms with van der Waals surface area (Å²) in [5, 5.41) is 0. The van der Waals surface area contributed by atoms with E-state index < -0.39 is 0 Å². The fourth-order valence-corrected chi connectivity index (χ4v) is 3.10. The van der Waals surface area contributed by atoms with Gasteiger partial charge in [-0.3, -0.25) is 9.69 Å². The van der Waals surface area contributed by atoms with Crippen LogP contribution in [0.25, 0.3) is 0 Å². The Kier molecular flexibility index (Phi) is 7.73. The molecule has 0 aromatic rings. The number of nitrogens with zero attached hydrogens (tertiary/aromatic N) is 2. The quantitative estimate of drug-likeness (QED) is 0.856. The van der Waals surface area contributed by atoms with Crippen molar-refractivity contribution in [2.45, 2.75) is 38.5 Å². The van der Waals surface area contributed by atoms with Crippen molar-refractivity contribution in [3.8, 4) is 0 Å². The molecule has 0 aromatic heterocycles. The molecule has 0 bridgehead atoms. The summed E-state index contributed by atoms with van der Waals surface area (Å²) in [7, 11) is 0. The van der Waals surface area contributed by atoms with Gasteiger partial charge in [0.25, 0.3) is 0 Å². The second-order valence-electron chi connectivity index (χ2n) is 5.77. The zero-order chi connectivity index (χ0) is 12.8. The lowest BCUT2D eigenvalue weighted by Gasteiger charge is -2.33. The van der Waals surface area contributed by atoms with Gasteiger partial charge in [0.15, 0.2) is 0 Å². The standard InChI is InChI=1S/C14H27N3O.ClH/c15-10-13-6-5-7-16(11-13)12-14(18)17-8-3-1-2-4-9-17;/h13H,1-12,15H2;1H. The molecule has 0 radical (unpaired) electrons. The van der Waals surface area contributed by atoms with Crippen LogP contribution in [0.3, 0.4) is 0 Å². The van der Waals surface area contributed by atoms with Crippen molar-refractivity contribution < 1.29 is 4.79 Å². The molecule has 19 heavy (non-hydrogen) atoms. The average molecular weight is 290 g/mol. The zero-order valence-corrected chi connectivity index (χ0v) is 12.7. The molecule has 2 aliphatic heterocycles. The van der Waals surface area contributed by atoms with Gasteiger partial charge in [0.2, 0.25) is 5.91 Å². The van der Waals surface area contributed by atoms with Crippen LogP contribution in [0.5, 0.6) is 0 Å². The Bertz CT molecular complexity index is 267. The molecule has 2 heterocycles. The molecule has 2 fully saturated rings. The number of likely N-dealkylation sites (tertiary alicyclic amines) is 2. The Balaban J connectivity index is 0.00000180. The first-order valence-corrected chi connectivity index (χ1v) is 7.50. The van der Waals surface area contributed by atoms with Crippen molar-refractivity contribution in [3.05, 3.63) is 0 Å². The largest absolute Gasteiger partial charge is 0.342 e. The number of halogens is 1. The number of carbonyl (C=O) groups is 1. The summed E-state index contributed by atoms with van der Waals surface area (Å²) in [6.07, 6.45) is 7.33. The monoisotopic (exact) mass is 289 g/mol. The second kappa shape index (κ2) is 8.77. The smallest absolute Gasteiger partial charge is 0.236 e. The van der Waals surface area contributed by atoms with Crippen molar-refractivity contribution >= 4 is 18.3 Å². The highest BCUT2D eigenvalue weighted by molar-refractivity contribution is 5.85. The maximum absolute atomic E-state index is 12.3. The maximum atomic E-state index is 12.3. The molecule has 5 heteroatoms. The van der Waals surface area contributed by atoms with Gasteiger partial charge >= 0.3 is 0 Å². The Morgan fingerprint density at radius 3 is 2.37 bits per heavy atom. The fourth-order valence-electron chi connectivity index (χ4n) is 3.10. The summed E-state index contributed by atoms with van der Waals surface area (Å²) in [5.41, 5.74) is 5.74. The third-order valence-electron chi connectivity index (χ3n) is 4.25. The first-order valence-electron chi connectivity index (χ1n) is 7.50. The summed E-state index contributed by atoms with van der Waals surface area (Å²) >= 11 is 0. The van der Waals surface area contributed by atoms with Gasteiger partial charge in [-0.25, -0.2) is 0 Å². The van der Waals surface area contributed by atoms with E-state index in [1.807, 2.05) is 0 Å². The van der Waals surface area contributed by atoms with E-state index >= 15 is 0 Å². The second-order valence-corrected chi connectivity index (χ2v) is 5.77. The maximum Gasteiger partial charge on any atom is 0.236 e. The summed E-state index contributed by atoms with van der Waals surface area (Å²) in [5.74, 6) is 0.922. The van der Waals surface area contributed by atoms with Gasteiger partial charge in [0, 0.05) is 19.6 Å². The zero-order valence-electron chi connectivity index (χ0n) is 11.9. The van der Waals surface area contributed by atoms with Crippen LogP contribution in [0.2, 0.25) is 0 Å². The third-order valence-corrected chi connectivity index (χ3v) is 4.25. The van der Waals surface area contributed by atoms with E-state index in [1.54, 1.807) is 0 Å². The lowest BCUT2D eigenvalue weighted by Crippen LogP contribution is -2.45. The summed E-state index contributed by atoms with van der Waals surface area (Å²) in [6.45, 7) is 5.37. The van der Waals surface area contributed by atoms with Crippen LogP contribution in [0.1, 0.15) is 38.5 Å². The minimum absolute atomic E-state index is 0. The van der Waals surface area contributed by atoms with Gasteiger partial charge in [-0.2, -0.15) is 0 Å². The van der Waals surface area contributed by atoms with Crippen molar-refractivity contribution in [2.24, 2.45) is 11.7 Å². The van der Waals surface area contributed by atoms with Crippen LogP contribution in [-0.2, 0) is 4.79 Å². The number of carbonyl (C=O) groups excluding carboxylic acids is 1. The topological polar surface area (TPSA) is 49.6 Å². The van der Waals surface area contributed by atoms with E-state index in [1.165, 1.54) is 38.5 Å². The number of nitrogens with two attached hydrogens (primary N) is 1. The number of amides is 1. The van der Waals surface area contributed by atoms with Crippen LogP contribution < -0.4 is 5.73 Å². The molecule has 2 saturated heterocycles. The van der Waals surface area contributed by atoms with Crippen LogP contribution >= 0.6 is 12.4 Å². The molecule has 0 saturated carbocycles. The predicted octanol–water partition coefficient (Wildman–Crippen LogP) is 1.48. The lowest BCUT2D eigenvalue weighted by atomic mass is 9.98. The highest BCUT2D eigenvalue weighted by Gasteiger charge is 2.23. The summed E-state index contributed by atoms with van der Waals surface area (Å²) in [6, 6.07) is 0. The van der Waals surface area contributed by atoms with Crippen LogP contribution in [0.4, 0.5) is 0 Å². The van der Waals surface area contributed by atoms with Gasteiger partial charge in [-0.1, -0.05) is 12.8 Å². The minimum atomic E-state index is 0. The molecule has 2 aliphatic rings. The van der Waals surface area contributed by atoms with E-state index in [0.717, 1.165) is 32.7 Å². The van der Waals surface area contributed by atoms with E-state index in [-0.39, 0.29) is 12.4 Å². The summed E-state index contributed by atoms with van der Waals surface area (Å²) < 4.78 is 0. The molecule has 0 aromatic carbocycles. The highest BCUT2D eigenvalue weighted by atomic mass is 35.5. The highest BCUT2D eigenvalue weighted by Crippen LogP contribution is 2.16. The predicted molar refractivity (Wildman–Crippen MR) is 80.5 cm³/mol. The first-order chi connectivity index (χ1) is 8.79. The van der Waals surface area contributed by atoms with Crippen molar-refractivity contribution in [3.63, 3.8) is 0 Å². The van der Waals surface area contributed by atoms with Crippen molar-refractivity contribution in [2.75, 3.05) is 39.3 Å².